The average molecular weight is 229 g/mol. The molecular formula is C9H13BrN2. The summed E-state index contributed by atoms with van der Waals surface area (Å²) >= 11 is 3.31. The first-order chi connectivity index (χ1) is 5.74. The molecule has 0 spiro atoms. The molecule has 0 aliphatic rings. The minimum Gasteiger partial charge on any atom is -0.323 e. The molecule has 66 valence electrons. The van der Waals surface area contributed by atoms with Gasteiger partial charge < -0.3 is 5.73 Å². The summed E-state index contributed by atoms with van der Waals surface area (Å²) in [5, 5.41) is 0. The van der Waals surface area contributed by atoms with E-state index in [2.05, 4.69) is 27.8 Å². The smallest absolute Gasteiger partial charge is 0.106 e. The van der Waals surface area contributed by atoms with Crippen molar-refractivity contribution in [1.82, 2.24) is 4.98 Å². The first-order valence-electron chi connectivity index (χ1n) is 4.12. The van der Waals surface area contributed by atoms with Crippen LogP contribution in [0.4, 0.5) is 0 Å². The monoisotopic (exact) mass is 228 g/mol. The summed E-state index contributed by atoms with van der Waals surface area (Å²) in [6.07, 6.45) is 2.08. The third kappa shape index (κ3) is 2.57. The van der Waals surface area contributed by atoms with E-state index >= 15 is 0 Å². The summed E-state index contributed by atoms with van der Waals surface area (Å²) in [7, 11) is 0. The number of aromatic nitrogens is 1. The molecular weight excluding hydrogens is 216 g/mol. The zero-order chi connectivity index (χ0) is 8.97. The van der Waals surface area contributed by atoms with E-state index in [4.69, 9.17) is 5.73 Å². The lowest BCUT2D eigenvalue weighted by molar-refractivity contribution is 0.620. The Balaban J connectivity index is 2.73. The summed E-state index contributed by atoms with van der Waals surface area (Å²) in [5.74, 6) is 0. The van der Waals surface area contributed by atoms with Crippen molar-refractivity contribution in [2.45, 2.75) is 25.8 Å². The van der Waals surface area contributed by atoms with Crippen LogP contribution in [0.3, 0.4) is 0 Å². The van der Waals surface area contributed by atoms with Gasteiger partial charge >= 0.3 is 0 Å². The van der Waals surface area contributed by atoms with Gasteiger partial charge in [0.25, 0.3) is 0 Å². The number of rotatable bonds is 3. The Hall–Kier alpha value is -0.410. The molecule has 1 aromatic heterocycles. The minimum atomic E-state index is 0.0764. The zero-order valence-corrected chi connectivity index (χ0v) is 8.71. The second-order valence-corrected chi connectivity index (χ2v) is 3.59. The van der Waals surface area contributed by atoms with Gasteiger partial charge in [0, 0.05) is 6.04 Å². The summed E-state index contributed by atoms with van der Waals surface area (Å²) < 4.78 is 0.853. The highest BCUT2D eigenvalue weighted by Crippen LogP contribution is 2.15. The Morgan fingerprint density at radius 3 is 2.92 bits per heavy atom. The van der Waals surface area contributed by atoms with Crippen LogP contribution in [0.25, 0.3) is 0 Å². The fourth-order valence-electron chi connectivity index (χ4n) is 1.09. The van der Waals surface area contributed by atoms with Gasteiger partial charge in [0.2, 0.25) is 0 Å². The van der Waals surface area contributed by atoms with Crippen molar-refractivity contribution in [2.75, 3.05) is 0 Å². The van der Waals surface area contributed by atoms with E-state index in [1.807, 2.05) is 18.2 Å². The molecule has 0 saturated carbocycles. The summed E-state index contributed by atoms with van der Waals surface area (Å²) in [4.78, 5) is 4.28. The summed E-state index contributed by atoms with van der Waals surface area (Å²) in [5.41, 5.74) is 6.86. The molecule has 0 bridgehead atoms. The van der Waals surface area contributed by atoms with E-state index in [1.54, 1.807) is 0 Å². The van der Waals surface area contributed by atoms with Crippen molar-refractivity contribution in [3.63, 3.8) is 0 Å². The lowest BCUT2D eigenvalue weighted by Gasteiger charge is -2.08. The quantitative estimate of drug-likeness (QED) is 0.809. The van der Waals surface area contributed by atoms with Crippen LogP contribution in [-0.2, 0) is 0 Å². The number of pyridine rings is 1. The Labute approximate surface area is 81.3 Å². The van der Waals surface area contributed by atoms with Crippen LogP contribution in [0.2, 0.25) is 0 Å². The third-order valence-corrected chi connectivity index (χ3v) is 2.16. The van der Waals surface area contributed by atoms with E-state index in [0.717, 1.165) is 23.1 Å². The van der Waals surface area contributed by atoms with Crippen LogP contribution >= 0.6 is 15.9 Å². The fourth-order valence-corrected chi connectivity index (χ4v) is 1.45. The second-order valence-electron chi connectivity index (χ2n) is 2.78. The second kappa shape index (κ2) is 4.58. The molecule has 1 aromatic rings. The Morgan fingerprint density at radius 2 is 2.33 bits per heavy atom. The highest BCUT2D eigenvalue weighted by atomic mass is 79.9. The molecule has 3 heteroatoms. The highest BCUT2D eigenvalue weighted by Gasteiger charge is 2.05. The number of halogens is 1. The number of nitrogens with zero attached hydrogens (tertiary/aromatic N) is 1. The van der Waals surface area contributed by atoms with Gasteiger partial charge in [-0.15, -0.1) is 0 Å². The maximum Gasteiger partial charge on any atom is 0.106 e. The molecule has 0 aliphatic carbocycles. The zero-order valence-electron chi connectivity index (χ0n) is 7.13. The molecule has 0 aromatic carbocycles. The lowest BCUT2D eigenvalue weighted by atomic mass is 10.1. The maximum absolute atomic E-state index is 5.89. The predicted molar refractivity (Wildman–Crippen MR) is 53.8 cm³/mol. The van der Waals surface area contributed by atoms with E-state index in [-0.39, 0.29) is 6.04 Å². The molecule has 1 unspecified atom stereocenters. The Kier molecular flexibility index (Phi) is 3.69. The van der Waals surface area contributed by atoms with E-state index in [0.29, 0.717) is 0 Å². The van der Waals surface area contributed by atoms with Crippen molar-refractivity contribution in [3.8, 4) is 0 Å². The molecule has 0 aliphatic heterocycles. The Bertz CT molecular complexity index is 250. The van der Waals surface area contributed by atoms with Gasteiger partial charge in [-0.1, -0.05) is 19.4 Å². The normalized spacial score (nSPS) is 12.9. The largest absolute Gasteiger partial charge is 0.323 e. The minimum absolute atomic E-state index is 0.0764. The molecule has 1 rings (SSSR count). The van der Waals surface area contributed by atoms with E-state index in [9.17, 15) is 0 Å². The average Bonchev–Trinajstić information content (AvgIpc) is 2.05. The molecule has 0 fully saturated rings. The molecule has 1 heterocycles. The molecule has 1 atom stereocenters. The van der Waals surface area contributed by atoms with E-state index in [1.165, 1.54) is 0 Å². The van der Waals surface area contributed by atoms with Crippen LogP contribution in [-0.4, -0.2) is 4.98 Å². The maximum atomic E-state index is 5.89. The third-order valence-electron chi connectivity index (χ3n) is 1.72. The molecule has 2 nitrogen and oxygen atoms in total. The lowest BCUT2D eigenvalue weighted by Crippen LogP contribution is -2.11. The van der Waals surface area contributed by atoms with Gasteiger partial charge in [-0.2, -0.15) is 0 Å². The highest BCUT2D eigenvalue weighted by molar-refractivity contribution is 9.10. The first kappa shape index (κ1) is 9.68. The van der Waals surface area contributed by atoms with Crippen LogP contribution in [0.15, 0.2) is 22.8 Å². The molecule has 12 heavy (non-hydrogen) atoms. The van der Waals surface area contributed by atoms with Crippen molar-refractivity contribution in [3.05, 3.63) is 28.5 Å². The van der Waals surface area contributed by atoms with Crippen molar-refractivity contribution in [1.29, 1.82) is 0 Å². The van der Waals surface area contributed by atoms with Crippen LogP contribution < -0.4 is 5.73 Å². The molecule has 2 N–H and O–H groups in total. The van der Waals surface area contributed by atoms with E-state index < -0.39 is 0 Å². The summed E-state index contributed by atoms with van der Waals surface area (Å²) in [6.45, 7) is 2.12. The van der Waals surface area contributed by atoms with Crippen molar-refractivity contribution >= 4 is 15.9 Å². The van der Waals surface area contributed by atoms with Gasteiger partial charge in [0.05, 0.1) is 5.69 Å². The van der Waals surface area contributed by atoms with Crippen molar-refractivity contribution < 1.29 is 0 Å². The van der Waals surface area contributed by atoms with Gasteiger partial charge in [-0.3, -0.25) is 0 Å². The van der Waals surface area contributed by atoms with Crippen molar-refractivity contribution in [2.24, 2.45) is 5.73 Å². The predicted octanol–water partition coefficient (Wildman–Crippen LogP) is 2.64. The van der Waals surface area contributed by atoms with Crippen LogP contribution in [0, 0.1) is 0 Å². The number of hydrogen-bond acceptors (Lipinski definition) is 2. The molecule has 0 saturated heterocycles. The number of hydrogen-bond donors (Lipinski definition) is 1. The van der Waals surface area contributed by atoms with Crippen LogP contribution in [0.1, 0.15) is 31.5 Å². The van der Waals surface area contributed by atoms with Gasteiger partial charge in [0.15, 0.2) is 0 Å². The molecule has 0 amide bonds. The molecule has 0 radical (unpaired) electrons. The first-order valence-corrected chi connectivity index (χ1v) is 4.91. The van der Waals surface area contributed by atoms with Gasteiger partial charge in [-0.05, 0) is 34.5 Å². The van der Waals surface area contributed by atoms with Crippen LogP contribution in [0.5, 0.6) is 0 Å². The Morgan fingerprint density at radius 1 is 1.58 bits per heavy atom. The van der Waals surface area contributed by atoms with Gasteiger partial charge in [-0.25, -0.2) is 4.98 Å². The fraction of sp³-hybridized carbons (Fsp3) is 0.444. The SMILES string of the molecule is CCCC(N)c1cccc(Br)n1. The summed E-state index contributed by atoms with van der Waals surface area (Å²) in [6, 6.07) is 5.90. The standard InChI is InChI=1S/C9H13BrN2/c1-2-4-7(11)8-5-3-6-9(10)12-8/h3,5-7H,2,4,11H2,1H3. The van der Waals surface area contributed by atoms with Gasteiger partial charge in [0.1, 0.15) is 4.60 Å². The number of nitrogens with two attached hydrogens (primary N) is 1. The topological polar surface area (TPSA) is 38.9 Å².